The minimum Gasteiger partial charge on any atom is -0.497 e. The first-order valence-corrected chi connectivity index (χ1v) is 10.8. The predicted molar refractivity (Wildman–Crippen MR) is 114 cm³/mol. The smallest absolute Gasteiger partial charge is 0.271 e. The van der Waals surface area contributed by atoms with Crippen LogP contribution in [0.25, 0.3) is 0 Å². The highest BCUT2D eigenvalue weighted by Gasteiger charge is 2.33. The van der Waals surface area contributed by atoms with Gasteiger partial charge in [-0.15, -0.1) is 0 Å². The van der Waals surface area contributed by atoms with Crippen molar-refractivity contribution in [1.29, 1.82) is 0 Å². The number of nitrogens with zero attached hydrogens (tertiary/aromatic N) is 2. The van der Waals surface area contributed by atoms with Crippen molar-refractivity contribution in [2.75, 3.05) is 14.2 Å². The van der Waals surface area contributed by atoms with E-state index in [2.05, 4.69) is 5.10 Å². The van der Waals surface area contributed by atoms with Crippen LogP contribution in [0.1, 0.15) is 67.9 Å². The Morgan fingerprint density at radius 1 is 1.14 bits per heavy atom. The van der Waals surface area contributed by atoms with Gasteiger partial charge < -0.3 is 9.47 Å². The van der Waals surface area contributed by atoms with E-state index in [0.717, 1.165) is 46.3 Å². The van der Waals surface area contributed by atoms with Crippen LogP contribution in [0.2, 0.25) is 0 Å². The summed E-state index contributed by atoms with van der Waals surface area (Å²) in [6, 6.07) is 6.08. The highest BCUT2D eigenvalue weighted by atomic mass is 32.2. The average molecular weight is 402 g/mol. The molecular weight excluding hydrogens is 374 g/mol. The van der Waals surface area contributed by atoms with E-state index in [1.165, 1.54) is 25.7 Å². The van der Waals surface area contributed by atoms with Gasteiger partial charge in [-0.2, -0.15) is 0 Å². The van der Waals surface area contributed by atoms with Crippen molar-refractivity contribution in [2.45, 2.75) is 56.7 Å². The topological polar surface area (TPSA) is 68.6 Å². The van der Waals surface area contributed by atoms with Crippen LogP contribution in [0.4, 0.5) is 5.82 Å². The van der Waals surface area contributed by atoms with Gasteiger partial charge in [0, 0.05) is 11.6 Å². The third kappa shape index (κ3) is 3.48. The third-order valence-corrected chi connectivity index (χ3v) is 6.82. The molecule has 1 aliphatic carbocycles. The number of aromatic nitrogens is 2. The van der Waals surface area contributed by atoms with Crippen molar-refractivity contribution in [2.24, 2.45) is 4.99 Å². The number of rotatable bonds is 4. The van der Waals surface area contributed by atoms with Crippen LogP contribution in [0.3, 0.4) is 0 Å². The minimum absolute atomic E-state index is 0.0501. The Morgan fingerprint density at radius 3 is 2.57 bits per heavy atom. The zero-order chi connectivity index (χ0) is 19.7. The maximum absolute atomic E-state index is 13.0. The summed E-state index contributed by atoms with van der Waals surface area (Å²) in [5.41, 5.74) is 1.64. The summed E-state index contributed by atoms with van der Waals surface area (Å²) in [5, 5.41) is 3.91. The predicted octanol–water partition coefficient (Wildman–Crippen LogP) is 4.98. The Kier molecular flexibility index (Phi) is 5.53. The fourth-order valence-corrected chi connectivity index (χ4v) is 5.38. The Bertz CT molecular complexity index is 939. The van der Waals surface area contributed by atoms with Gasteiger partial charge in [-0.1, -0.05) is 43.5 Å². The van der Waals surface area contributed by atoms with E-state index in [-0.39, 0.29) is 10.8 Å². The fraction of sp³-hybridized carbons (Fsp3) is 0.524. The monoisotopic (exact) mass is 401 g/mol. The molecule has 0 radical (unpaired) electrons. The lowest BCUT2D eigenvalue weighted by Crippen LogP contribution is -2.14. The average Bonchev–Trinajstić information content (AvgIpc) is 2.88. The second-order valence-corrected chi connectivity index (χ2v) is 8.73. The van der Waals surface area contributed by atoms with E-state index < -0.39 is 0 Å². The zero-order valence-electron chi connectivity index (χ0n) is 16.7. The number of H-pyrrole nitrogens is 1. The molecule has 0 saturated heterocycles. The molecule has 0 bridgehead atoms. The number of aromatic amines is 1. The van der Waals surface area contributed by atoms with E-state index >= 15 is 0 Å². The molecule has 0 amide bonds. The second kappa shape index (κ2) is 8.07. The molecule has 1 N–H and O–H groups in total. The summed E-state index contributed by atoms with van der Waals surface area (Å²) in [6.07, 6.45) is 7.13. The van der Waals surface area contributed by atoms with Crippen molar-refractivity contribution in [3.8, 4) is 11.5 Å². The molecule has 1 aromatic heterocycles. The molecule has 7 heteroatoms. The number of thioether (sulfide) groups is 1. The number of fused-ring (bicyclic) bond motifs is 1. The van der Waals surface area contributed by atoms with Crippen molar-refractivity contribution in [3.05, 3.63) is 39.7 Å². The molecule has 0 unspecified atom stereocenters. The third-order valence-electron chi connectivity index (χ3n) is 5.66. The molecule has 6 nitrogen and oxygen atoms in total. The molecule has 1 aromatic carbocycles. The van der Waals surface area contributed by atoms with Crippen molar-refractivity contribution in [1.82, 2.24) is 9.78 Å². The van der Waals surface area contributed by atoms with Gasteiger partial charge in [-0.3, -0.25) is 14.6 Å². The molecule has 4 rings (SSSR count). The normalized spacial score (nSPS) is 20.2. The molecule has 2 aromatic rings. The maximum atomic E-state index is 13.0. The first kappa shape index (κ1) is 19.2. The van der Waals surface area contributed by atoms with E-state index in [1.54, 1.807) is 26.0 Å². The van der Waals surface area contributed by atoms with Crippen LogP contribution >= 0.6 is 11.8 Å². The number of aliphatic imine (C=N–C) groups is 1. The fourth-order valence-electron chi connectivity index (χ4n) is 4.24. The van der Waals surface area contributed by atoms with E-state index in [4.69, 9.17) is 14.5 Å². The van der Waals surface area contributed by atoms with Gasteiger partial charge >= 0.3 is 0 Å². The van der Waals surface area contributed by atoms with Crippen LogP contribution in [0.5, 0.6) is 11.5 Å². The van der Waals surface area contributed by atoms with Crippen molar-refractivity contribution >= 4 is 22.6 Å². The maximum Gasteiger partial charge on any atom is 0.271 e. The van der Waals surface area contributed by atoms with Crippen molar-refractivity contribution < 1.29 is 9.47 Å². The molecule has 0 spiro atoms. The lowest BCUT2D eigenvalue weighted by Gasteiger charge is -2.24. The number of hydrogen-bond donors (Lipinski definition) is 1. The molecule has 2 heterocycles. The summed E-state index contributed by atoms with van der Waals surface area (Å²) >= 11 is 1.60. The first-order chi connectivity index (χ1) is 13.6. The molecule has 150 valence electrons. The summed E-state index contributed by atoms with van der Waals surface area (Å²) in [6.45, 7) is 2.01. The number of hydrogen-bond acceptors (Lipinski definition) is 5. The summed E-state index contributed by atoms with van der Waals surface area (Å²) in [4.78, 5) is 17.8. The van der Waals surface area contributed by atoms with E-state index in [9.17, 15) is 4.79 Å². The lowest BCUT2D eigenvalue weighted by molar-refractivity contribution is 0.391. The van der Waals surface area contributed by atoms with Gasteiger partial charge in [-0.05, 0) is 25.8 Å². The van der Waals surface area contributed by atoms with Gasteiger partial charge in [0.2, 0.25) is 0 Å². The first-order valence-electron chi connectivity index (χ1n) is 9.90. The Labute approximate surface area is 169 Å². The SMILES string of the molecule is COc1ccc([C@H]2SC(C)=Nc3c2c(=O)[nH]n3C2CCCCCC2)c(OC)c1. The number of nitrogens with one attached hydrogen (secondary N) is 1. The second-order valence-electron chi connectivity index (χ2n) is 7.43. The summed E-state index contributed by atoms with van der Waals surface area (Å²) < 4.78 is 13.0. The number of ether oxygens (including phenoxy) is 2. The summed E-state index contributed by atoms with van der Waals surface area (Å²) in [7, 11) is 3.28. The van der Waals surface area contributed by atoms with Crippen LogP contribution < -0.4 is 15.0 Å². The van der Waals surface area contributed by atoms with Crippen LogP contribution in [-0.4, -0.2) is 29.0 Å². The standard InChI is InChI=1S/C21H27N3O3S/c1-13-22-20-18(21(25)23-24(20)14-8-6-4-5-7-9-14)19(28-13)16-11-10-15(26-2)12-17(16)27-3/h10-12,14,19H,4-9H2,1-3H3,(H,23,25)/t19-/m1/s1. The Hall–Kier alpha value is -2.15. The highest BCUT2D eigenvalue weighted by Crippen LogP contribution is 2.48. The lowest BCUT2D eigenvalue weighted by atomic mass is 10.0. The van der Waals surface area contributed by atoms with E-state index in [1.807, 2.05) is 29.8 Å². The number of benzene rings is 1. The summed E-state index contributed by atoms with van der Waals surface area (Å²) in [5.74, 6) is 2.24. The molecule has 28 heavy (non-hydrogen) atoms. The molecule has 1 aliphatic heterocycles. The quantitative estimate of drug-likeness (QED) is 0.734. The Balaban J connectivity index is 1.81. The van der Waals surface area contributed by atoms with Crippen LogP contribution in [0, 0.1) is 0 Å². The van der Waals surface area contributed by atoms with Gasteiger partial charge in [0.25, 0.3) is 5.56 Å². The van der Waals surface area contributed by atoms with Crippen LogP contribution in [-0.2, 0) is 0 Å². The van der Waals surface area contributed by atoms with Gasteiger partial charge in [0.1, 0.15) is 11.5 Å². The van der Waals surface area contributed by atoms with Gasteiger partial charge in [0.15, 0.2) is 5.82 Å². The van der Waals surface area contributed by atoms with Gasteiger partial charge in [-0.25, -0.2) is 4.99 Å². The van der Waals surface area contributed by atoms with E-state index in [0.29, 0.717) is 6.04 Å². The number of methoxy groups -OCH3 is 2. The van der Waals surface area contributed by atoms with Gasteiger partial charge in [0.05, 0.1) is 36.1 Å². The molecule has 2 aliphatic rings. The zero-order valence-corrected chi connectivity index (χ0v) is 17.5. The molecule has 1 saturated carbocycles. The largest absolute Gasteiger partial charge is 0.497 e. The molecule has 1 atom stereocenters. The van der Waals surface area contributed by atoms with Crippen molar-refractivity contribution in [3.63, 3.8) is 0 Å². The highest BCUT2D eigenvalue weighted by molar-refractivity contribution is 8.14. The Morgan fingerprint density at radius 2 is 1.89 bits per heavy atom. The minimum atomic E-state index is -0.149. The molecular formula is C21H27N3O3S. The molecule has 1 fully saturated rings. The van der Waals surface area contributed by atoms with Crippen LogP contribution in [0.15, 0.2) is 28.0 Å².